The summed E-state index contributed by atoms with van der Waals surface area (Å²) in [5.41, 5.74) is 2.56. The van der Waals surface area contributed by atoms with E-state index in [0.29, 0.717) is 18.4 Å². The summed E-state index contributed by atoms with van der Waals surface area (Å²) in [6, 6.07) is 7.71. The molecule has 0 bridgehead atoms. The van der Waals surface area contributed by atoms with E-state index in [1.807, 2.05) is 29.2 Å². The fourth-order valence-corrected chi connectivity index (χ4v) is 3.65. The van der Waals surface area contributed by atoms with Crippen molar-refractivity contribution in [1.82, 2.24) is 9.88 Å². The normalized spacial score (nSPS) is 17.6. The molecule has 4 nitrogen and oxygen atoms in total. The van der Waals surface area contributed by atoms with Crippen molar-refractivity contribution in [2.75, 3.05) is 11.9 Å². The molecule has 1 amide bonds. The number of nitrogens with zero attached hydrogens (tertiary/aromatic N) is 2. The third-order valence-electron chi connectivity index (χ3n) is 3.90. The van der Waals surface area contributed by atoms with Gasteiger partial charge >= 0.3 is 0 Å². The van der Waals surface area contributed by atoms with E-state index in [9.17, 15) is 4.79 Å². The summed E-state index contributed by atoms with van der Waals surface area (Å²) in [6.07, 6.45) is -0.191. The Kier molecular flexibility index (Phi) is 4.39. The third-order valence-corrected chi connectivity index (χ3v) is 5.06. The summed E-state index contributed by atoms with van der Waals surface area (Å²) in [5, 5.41) is 6.68. The Morgan fingerprint density at radius 2 is 2.00 bits per heavy atom. The smallest absolute Gasteiger partial charge is 0.257 e. The Morgan fingerprint density at radius 3 is 2.65 bits per heavy atom. The van der Waals surface area contributed by atoms with Gasteiger partial charge in [0.25, 0.3) is 5.91 Å². The number of hydrogen-bond donors (Lipinski definition) is 1. The van der Waals surface area contributed by atoms with E-state index in [1.165, 1.54) is 0 Å². The van der Waals surface area contributed by atoms with Gasteiger partial charge in [-0.1, -0.05) is 39.8 Å². The molecule has 3 rings (SSSR count). The average molecular weight is 329 g/mol. The molecule has 5 heteroatoms. The number of thiazole rings is 1. The summed E-state index contributed by atoms with van der Waals surface area (Å²) in [5.74, 6) is 0.882. The zero-order chi connectivity index (χ0) is 16.6. The predicted molar refractivity (Wildman–Crippen MR) is 94.9 cm³/mol. The molecule has 23 heavy (non-hydrogen) atoms. The van der Waals surface area contributed by atoms with Crippen LogP contribution in [-0.2, 0) is 0 Å². The van der Waals surface area contributed by atoms with Gasteiger partial charge in [-0.3, -0.25) is 4.79 Å². The van der Waals surface area contributed by atoms with E-state index < -0.39 is 0 Å². The summed E-state index contributed by atoms with van der Waals surface area (Å²) >= 11 is 1.67. The highest BCUT2D eigenvalue weighted by Gasteiger charge is 2.34. The van der Waals surface area contributed by atoms with Crippen LogP contribution in [0.3, 0.4) is 0 Å². The first-order valence-corrected chi connectivity index (χ1v) is 8.97. The van der Waals surface area contributed by atoms with Gasteiger partial charge in [-0.2, -0.15) is 0 Å². The molecule has 0 fully saturated rings. The molecule has 0 radical (unpaired) electrons. The van der Waals surface area contributed by atoms with Gasteiger partial charge in [0.2, 0.25) is 0 Å². The molecule has 1 aliphatic heterocycles. The lowest BCUT2D eigenvalue weighted by molar-refractivity contribution is 0.0654. The van der Waals surface area contributed by atoms with Crippen LogP contribution in [0.25, 0.3) is 0 Å². The number of anilines is 1. The first-order chi connectivity index (χ1) is 11.0. The molecule has 1 atom stereocenters. The second-order valence-corrected chi connectivity index (χ2v) is 7.60. The molecular formula is C18H23N3OS. The van der Waals surface area contributed by atoms with Crippen LogP contribution in [0.2, 0.25) is 0 Å². The van der Waals surface area contributed by atoms with Crippen molar-refractivity contribution in [1.29, 1.82) is 0 Å². The lowest BCUT2D eigenvalue weighted by Crippen LogP contribution is -2.44. The average Bonchev–Trinajstić information content (AvgIpc) is 2.99. The molecule has 0 saturated carbocycles. The Labute approximate surface area is 141 Å². The molecule has 2 aromatic rings. The maximum atomic E-state index is 12.9. The zero-order valence-electron chi connectivity index (χ0n) is 14.0. The van der Waals surface area contributed by atoms with Crippen LogP contribution < -0.4 is 5.32 Å². The van der Waals surface area contributed by atoms with Crippen molar-refractivity contribution in [2.24, 2.45) is 5.92 Å². The minimum absolute atomic E-state index is 0.0807. The fraction of sp³-hybridized carbons (Fsp3) is 0.444. The Bertz CT molecular complexity index is 708. The van der Waals surface area contributed by atoms with Crippen molar-refractivity contribution in [3.05, 3.63) is 45.9 Å². The van der Waals surface area contributed by atoms with Gasteiger partial charge in [0.15, 0.2) is 0 Å². The quantitative estimate of drug-likeness (QED) is 0.899. The van der Waals surface area contributed by atoms with E-state index in [2.05, 4.69) is 38.4 Å². The first kappa shape index (κ1) is 16.0. The topological polar surface area (TPSA) is 45.2 Å². The van der Waals surface area contributed by atoms with Gasteiger partial charge < -0.3 is 10.2 Å². The predicted octanol–water partition coefficient (Wildman–Crippen LogP) is 4.49. The molecule has 0 saturated heterocycles. The third kappa shape index (κ3) is 3.11. The molecule has 1 N–H and O–H groups in total. The summed E-state index contributed by atoms with van der Waals surface area (Å²) < 4.78 is 0. The molecule has 0 aliphatic carbocycles. The van der Waals surface area contributed by atoms with Crippen LogP contribution in [0.1, 0.15) is 60.8 Å². The van der Waals surface area contributed by atoms with Gasteiger partial charge in [-0.25, -0.2) is 4.98 Å². The molecule has 1 aliphatic rings. The number of amides is 1. The Balaban J connectivity index is 2.00. The zero-order valence-corrected chi connectivity index (χ0v) is 14.9. The maximum absolute atomic E-state index is 12.9. The van der Waals surface area contributed by atoms with Crippen LogP contribution in [0.15, 0.2) is 29.6 Å². The van der Waals surface area contributed by atoms with Gasteiger partial charge in [0, 0.05) is 23.5 Å². The summed E-state index contributed by atoms with van der Waals surface area (Å²) in [4.78, 5) is 19.6. The van der Waals surface area contributed by atoms with Gasteiger partial charge in [0.1, 0.15) is 6.17 Å². The molecule has 1 aromatic carbocycles. The van der Waals surface area contributed by atoms with E-state index in [4.69, 9.17) is 4.98 Å². The van der Waals surface area contributed by atoms with Gasteiger partial charge in [0.05, 0.1) is 16.3 Å². The molecule has 1 aromatic heterocycles. The van der Waals surface area contributed by atoms with Crippen LogP contribution in [0, 0.1) is 5.92 Å². The summed E-state index contributed by atoms with van der Waals surface area (Å²) in [7, 11) is 0. The van der Waals surface area contributed by atoms with Crippen LogP contribution >= 0.6 is 11.3 Å². The Hall–Kier alpha value is -1.88. The number of rotatable bonds is 4. The van der Waals surface area contributed by atoms with Crippen LogP contribution in [0.4, 0.5) is 5.69 Å². The molecule has 2 heterocycles. The van der Waals surface area contributed by atoms with Crippen molar-refractivity contribution < 1.29 is 4.79 Å². The number of fused-ring (bicyclic) bond motifs is 1. The number of benzene rings is 1. The van der Waals surface area contributed by atoms with E-state index in [-0.39, 0.29) is 12.1 Å². The van der Waals surface area contributed by atoms with Crippen molar-refractivity contribution in [3.63, 3.8) is 0 Å². The lowest BCUT2D eigenvalue weighted by atomic mass is 10.0. The number of carbonyl (C=O) groups excluding carboxylic acids is 1. The molecular weight excluding hydrogens is 306 g/mol. The number of para-hydroxylation sites is 1. The highest BCUT2D eigenvalue weighted by Crippen LogP contribution is 2.34. The monoisotopic (exact) mass is 329 g/mol. The number of hydrogen-bond acceptors (Lipinski definition) is 4. The second-order valence-electron chi connectivity index (χ2n) is 6.71. The summed E-state index contributed by atoms with van der Waals surface area (Å²) in [6.45, 7) is 9.25. The minimum atomic E-state index is -0.191. The Morgan fingerprint density at radius 1 is 1.26 bits per heavy atom. The van der Waals surface area contributed by atoms with Gasteiger partial charge in [-0.05, 0) is 18.1 Å². The SMILES string of the molecule is CC(C)CN1C(=O)c2ccccc2NC1c1csc(C(C)C)n1. The van der Waals surface area contributed by atoms with E-state index >= 15 is 0 Å². The lowest BCUT2D eigenvalue weighted by Gasteiger charge is -2.38. The van der Waals surface area contributed by atoms with Gasteiger partial charge in [-0.15, -0.1) is 11.3 Å². The highest BCUT2D eigenvalue weighted by molar-refractivity contribution is 7.09. The fourth-order valence-electron chi connectivity index (χ4n) is 2.80. The highest BCUT2D eigenvalue weighted by atomic mass is 32.1. The van der Waals surface area contributed by atoms with E-state index in [1.54, 1.807) is 11.3 Å². The van der Waals surface area contributed by atoms with E-state index in [0.717, 1.165) is 22.0 Å². The molecule has 1 unspecified atom stereocenters. The number of aromatic nitrogens is 1. The van der Waals surface area contributed by atoms with Crippen molar-refractivity contribution in [3.8, 4) is 0 Å². The second kappa shape index (κ2) is 6.32. The van der Waals surface area contributed by atoms with Crippen molar-refractivity contribution >= 4 is 22.9 Å². The first-order valence-electron chi connectivity index (χ1n) is 8.09. The van der Waals surface area contributed by atoms with Crippen LogP contribution in [0.5, 0.6) is 0 Å². The standard InChI is InChI=1S/C18H23N3OS/c1-11(2)9-21-16(15-10-23-17(20-15)12(3)4)19-14-8-6-5-7-13(14)18(21)22/h5-8,10-12,16,19H,9H2,1-4H3. The largest absolute Gasteiger partial charge is 0.359 e. The number of nitrogens with one attached hydrogen (secondary N) is 1. The molecule has 122 valence electrons. The number of carbonyl (C=O) groups is 1. The molecule has 0 spiro atoms. The maximum Gasteiger partial charge on any atom is 0.257 e. The minimum Gasteiger partial charge on any atom is -0.359 e. The van der Waals surface area contributed by atoms with Crippen LogP contribution in [-0.4, -0.2) is 22.3 Å². The van der Waals surface area contributed by atoms with Crippen molar-refractivity contribution in [2.45, 2.75) is 39.8 Å².